The van der Waals surface area contributed by atoms with Crippen LogP contribution in [0.15, 0.2) is 29.1 Å². The van der Waals surface area contributed by atoms with E-state index in [0.717, 1.165) is 0 Å². The molecule has 0 saturated carbocycles. The summed E-state index contributed by atoms with van der Waals surface area (Å²) < 4.78 is 0. The van der Waals surface area contributed by atoms with Crippen molar-refractivity contribution >= 4 is 34.0 Å². The molecule has 0 saturated heterocycles. The van der Waals surface area contributed by atoms with Gasteiger partial charge in [0, 0.05) is 5.38 Å². The zero-order chi connectivity index (χ0) is 11.7. The van der Waals surface area contributed by atoms with E-state index in [1.807, 2.05) is 12.1 Å². The third kappa shape index (κ3) is 1.76. The summed E-state index contributed by atoms with van der Waals surface area (Å²) in [6.45, 7) is 0. The van der Waals surface area contributed by atoms with Crippen molar-refractivity contribution in [2.45, 2.75) is 0 Å². The Labute approximate surface area is 99.7 Å². The zero-order valence-corrected chi connectivity index (χ0v) is 9.36. The molecule has 0 spiro atoms. The Hall–Kier alpha value is -2.28. The number of nitrogens with zero attached hydrogens (tertiary/aromatic N) is 3. The van der Waals surface area contributed by atoms with E-state index in [1.165, 1.54) is 11.3 Å². The molecule has 0 aliphatic heterocycles. The van der Waals surface area contributed by atoms with Crippen molar-refractivity contribution in [3.63, 3.8) is 0 Å². The van der Waals surface area contributed by atoms with Crippen molar-refractivity contribution in [1.82, 2.24) is 20.4 Å². The molecule has 3 aromatic rings. The number of benzene rings is 1. The SMILES string of the molecule is O=C(Nc1cccc2n[nH]nc12)c1cscn1. The second kappa shape index (κ2) is 3.95. The van der Waals surface area contributed by atoms with Crippen molar-refractivity contribution in [3.05, 3.63) is 34.8 Å². The Morgan fingerprint density at radius 3 is 3.12 bits per heavy atom. The van der Waals surface area contributed by atoms with Gasteiger partial charge in [0.15, 0.2) is 0 Å². The molecular formula is C10H7N5OS. The number of nitrogens with one attached hydrogen (secondary N) is 2. The van der Waals surface area contributed by atoms with Crippen LogP contribution in [0, 0.1) is 0 Å². The lowest BCUT2D eigenvalue weighted by Gasteiger charge is -2.02. The number of aromatic amines is 1. The molecule has 1 amide bonds. The van der Waals surface area contributed by atoms with Gasteiger partial charge in [-0.1, -0.05) is 6.07 Å². The largest absolute Gasteiger partial charge is 0.319 e. The lowest BCUT2D eigenvalue weighted by molar-refractivity contribution is 0.102. The predicted molar refractivity (Wildman–Crippen MR) is 64.0 cm³/mol. The molecule has 0 atom stereocenters. The van der Waals surface area contributed by atoms with Gasteiger partial charge in [0.2, 0.25) is 0 Å². The zero-order valence-electron chi connectivity index (χ0n) is 8.54. The van der Waals surface area contributed by atoms with Crippen LogP contribution in [0.5, 0.6) is 0 Å². The monoisotopic (exact) mass is 245 g/mol. The molecule has 2 N–H and O–H groups in total. The molecule has 0 bridgehead atoms. The normalized spacial score (nSPS) is 10.6. The molecule has 3 rings (SSSR count). The number of fused-ring (bicyclic) bond motifs is 1. The molecule has 0 aliphatic carbocycles. The molecule has 0 unspecified atom stereocenters. The summed E-state index contributed by atoms with van der Waals surface area (Å²) in [6.07, 6.45) is 0. The first kappa shape index (κ1) is 9.91. The van der Waals surface area contributed by atoms with Crippen LogP contribution >= 0.6 is 11.3 Å². The molecule has 7 heteroatoms. The first-order valence-electron chi connectivity index (χ1n) is 4.83. The highest BCUT2D eigenvalue weighted by Gasteiger charge is 2.11. The lowest BCUT2D eigenvalue weighted by atomic mass is 10.2. The molecule has 6 nitrogen and oxygen atoms in total. The fourth-order valence-corrected chi connectivity index (χ4v) is 2.01. The summed E-state index contributed by atoms with van der Waals surface area (Å²) in [5, 5.41) is 14.9. The second-order valence-electron chi connectivity index (χ2n) is 3.32. The highest BCUT2D eigenvalue weighted by molar-refractivity contribution is 7.07. The van der Waals surface area contributed by atoms with E-state index in [0.29, 0.717) is 22.4 Å². The minimum atomic E-state index is -0.248. The summed E-state index contributed by atoms with van der Waals surface area (Å²) in [7, 11) is 0. The highest BCUT2D eigenvalue weighted by atomic mass is 32.1. The van der Waals surface area contributed by atoms with Crippen LogP contribution in [0.3, 0.4) is 0 Å². The summed E-state index contributed by atoms with van der Waals surface area (Å²) in [5.41, 5.74) is 3.98. The van der Waals surface area contributed by atoms with Gasteiger partial charge in [0.05, 0.1) is 11.2 Å². The first-order chi connectivity index (χ1) is 8.34. The standard InChI is InChI=1S/C10H7N5OS/c16-10(8-4-17-5-11-8)12-6-2-1-3-7-9(6)14-15-13-7/h1-5H,(H,12,16)(H,13,14,15). The van der Waals surface area contributed by atoms with Gasteiger partial charge in [-0.05, 0) is 12.1 Å². The van der Waals surface area contributed by atoms with E-state index in [9.17, 15) is 4.79 Å². The average Bonchev–Trinajstić information content (AvgIpc) is 3.00. The van der Waals surface area contributed by atoms with Gasteiger partial charge in [-0.25, -0.2) is 4.98 Å². The number of thiazole rings is 1. The van der Waals surface area contributed by atoms with Gasteiger partial charge in [-0.3, -0.25) is 4.79 Å². The Morgan fingerprint density at radius 1 is 1.35 bits per heavy atom. The van der Waals surface area contributed by atoms with Crippen LogP contribution < -0.4 is 5.32 Å². The molecule has 2 heterocycles. The third-order valence-electron chi connectivity index (χ3n) is 2.26. The fourth-order valence-electron chi connectivity index (χ4n) is 1.48. The number of H-pyrrole nitrogens is 1. The molecule has 1 aromatic carbocycles. The molecular weight excluding hydrogens is 238 g/mol. The summed E-state index contributed by atoms with van der Waals surface area (Å²) in [4.78, 5) is 15.8. The van der Waals surface area contributed by atoms with Crippen LogP contribution in [0.25, 0.3) is 11.0 Å². The van der Waals surface area contributed by atoms with Crippen molar-refractivity contribution in [2.24, 2.45) is 0 Å². The Kier molecular flexibility index (Phi) is 2.30. The van der Waals surface area contributed by atoms with E-state index in [4.69, 9.17) is 0 Å². The number of hydrogen-bond donors (Lipinski definition) is 2. The third-order valence-corrected chi connectivity index (χ3v) is 2.85. The summed E-state index contributed by atoms with van der Waals surface area (Å²) >= 11 is 1.38. The average molecular weight is 245 g/mol. The van der Waals surface area contributed by atoms with Gasteiger partial charge >= 0.3 is 0 Å². The Bertz CT molecular complexity index is 660. The number of rotatable bonds is 2. The second-order valence-corrected chi connectivity index (χ2v) is 4.04. The lowest BCUT2D eigenvalue weighted by Crippen LogP contribution is -2.12. The summed E-state index contributed by atoms with van der Waals surface area (Å²) in [5.74, 6) is -0.248. The van der Waals surface area contributed by atoms with Crippen molar-refractivity contribution < 1.29 is 4.79 Å². The Morgan fingerprint density at radius 2 is 2.29 bits per heavy atom. The van der Waals surface area contributed by atoms with Crippen molar-refractivity contribution in [3.8, 4) is 0 Å². The van der Waals surface area contributed by atoms with Crippen LogP contribution in [0.2, 0.25) is 0 Å². The van der Waals surface area contributed by atoms with E-state index in [1.54, 1.807) is 17.0 Å². The minimum absolute atomic E-state index is 0.248. The quantitative estimate of drug-likeness (QED) is 0.719. The number of aromatic nitrogens is 4. The molecule has 17 heavy (non-hydrogen) atoms. The van der Waals surface area contributed by atoms with E-state index < -0.39 is 0 Å². The molecule has 2 aromatic heterocycles. The van der Waals surface area contributed by atoms with Gasteiger partial charge < -0.3 is 5.32 Å². The molecule has 0 radical (unpaired) electrons. The Balaban J connectivity index is 1.95. The van der Waals surface area contributed by atoms with Crippen LogP contribution in [-0.2, 0) is 0 Å². The predicted octanol–water partition coefficient (Wildman–Crippen LogP) is 1.67. The fraction of sp³-hybridized carbons (Fsp3) is 0. The maximum atomic E-state index is 11.8. The number of amides is 1. The molecule has 0 fully saturated rings. The maximum Gasteiger partial charge on any atom is 0.275 e. The van der Waals surface area contributed by atoms with Crippen molar-refractivity contribution in [1.29, 1.82) is 0 Å². The van der Waals surface area contributed by atoms with Gasteiger partial charge in [-0.15, -0.1) is 11.3 Å². The van der Waals surface area contributed by atoms with Crippen molar-refractivity contribution in [2.75, 3.05) is 5.32 Å². The maximum absolute atomic E-state index is 11.8. The smallest absolute Gasteiger partial charge is 0.275 e. The summed E-state index contributed by atoms with van der Waals surface area (Å²) in [6, 6.07) is 5.40. The van der Waals surface area contributed by atoms with E-state index >= 15 is 0 Å². The van der Waals surface area contributed by atoms with E-state index in [2.05, 4.69) is 25.7 Å². The van der Waals surface area contributed by atoms with Gasteiger partial charge in [0.1, 0.15) is 16.7 Å². The number of carbonyl (C=O) groups is 1. The number of para-hydroxylation sites is 1. The van der Waals surface area contributed by atoms with Crippen LogP contribution in [-0.4, -0.2) is 26.3 Å². The first-order valence-corrected chi connectivity index (χ1v) is 5.78. The topological polar surface area (TPSA) is 83.6 Å². The number of carbonyl (C=O) groups excluding carboxylic acids is 1. The molecule has 84 valence electrons. The van der Waals surface area contributed by atoms with Gasteiger partial charge in [0.25, 0.3) is 5.91 Å². The number of hydrogen-bond acceptors (Lipinski definition) is 5. The van der Waals surface area contributed by atoms with E-state index in [-0.39, 0.29) is 5.91 Å². The minimum Gasteiger partial charge on any atom is -0.319 e. The highest BCUT2D eigenvalue weighted by Crippen LogP contribution is 2.19. The van der Waals surface area contributed by atoms with Crippen LogP contribution in [0.1, 0.15) is 10.5 Å². The number of anilines is 1. The van der Waals surface area contributed by atoms with Crippen LogP contribution in [0.4, 0.5) is 5.69 Å². The molecule has 0 aliphatic rings. The van der Waals surface area contributed by atoms with Gasteiger partial charge in [-0.2, -0.15) is 15.4 Å².